The Bertz CT molecular complexity index is 936. The van der Waals surface area contributed by atoms with E-state index in [1.54, 1.807) is 19.9 Å². The zero-order valence-electron chi connectivity index (χ0n) is 14.1. The van der Waals surface area contributed by atoms with Crippen molar-refractivity contribution in [3.63, 3.8) is 0 Å². The molecule has 0 spiro atoms. The van der Waals surface area contributed by atoms with E-state index in [2.05, 4.69) is 6.92 Å². The Morgan fingerprint density at radius 2 is 1.67 bits per heavy atom. The highest BCUT2D eigenvalue weighted by Crippen LogP contribution is 2.32. The molecule has 0 saturated carbocycles. The van der Waals surface area contributed by atoms with Crippen molar-refractivity contribution in [1.82, 2.24) is 0 Å². The molecule has 4 heteroatoms. The number of benzene rings is 1. The van der Waals surface area contributed by atoms with E-state index in [9.17, 15) is 9.90 Å². The lowest BCUT2D eigenvalue weighted by Crippen LogP contribution is -1.96. The highest BCUT2D eigenvalue weighted by Gasteiger charge is 2.14. The third-order valence-electron chi connectivity index (χ3n) is 4.00. The van der Waals surface area contributed by atoms with Crippen molar-refractivity contribution in [2.24, 2.45) is 0 Å². The van der Waals surface area contributed by atoms with Gasteiger partial charge >= 0.3 is 0 Å². The minimum atomic E-state index is -0.166. The predicted octanol–water partition coefficient (Wildman–Crippen LogP) is 4.57. The second-order valence-electron chi connectivity index (χ2n) is 5.83. The maximum absolute atomic E-state index is 12.6. The van der Waals surface area contributed by atoms with Gasteiger partial charge in [-0.2, -0.15) is 0 Å². The predicted molar refractivity (Wildman–Crippen MR) is 94.8 cm³/mol. The summed E-state index contributed by atoms with van der Waals surface area (Å²) in [7, 11) is 0. The number of furan rings is 1. The van der Waals surface area contributed by atoms with Gasteiger partial charge in [0.05, 0.1) is 17.4 Å². The fourth-order valence-electron chi connectivity index (χ4n) is 2.89. The topological polar surface area (TPSA) is 59.7 Å². The standard InChI is InChI=1S/C20H20O4/c1-4-9-23-16-7-5-14(6-8-16)15-10-17(21)19-12(2)24-13(3)20(19)18(22)11-15/h5-8,10-11,21H,4,9H2,1-3H3. The van der Waals surface area contributed by atoms with Crippen LogP contribution < -0.4 is 10.2 Å². The Kier molecular flexibility index (Phi) is 4.30. The number of hydrogen-bond acceptors (Lipinski definition) is 4. The number of ether oxygens (including phenoxy) is 1. The van der Waals surface area contributed by atoms with E-state index in [1.165, 1.54) is 6.07 Å². The van der Waals surface area contributed by atoms with E-state index in [0.717, 1.165) is 17.7 Å². The van der Waals surface area contributed by atoms with E-state index in [1.807, 2.05) is 24.3 Å². The summed E-state index contributed by atoms with van der Waals surface area (Å²) in [6.07, 6.45) is 0.947. The normalized spacial score (nSPS) is 11.0. The van der Waals surface area contributed by atoms with Gasteiger partial charge < -0.3 is 14.3 Å². The maximum Gasteiger partial charge on any atom is 0.190 e. The van der Waals surface area contributed by atoms with E-state index in [0.29, 0.717) is 34.5 Å². The molecule has 0 amide bonds. The minimum Gasteiger partial charge on any atom is -0.507 e. The van der Waals surface area contributed by atoms with Crippen molar-refractivity contribution in [2.45, 2.75) is 27.2 Å². The largest absolute Gasteiger partial charge is 0.507 e. The third-order valence-corrected chi connectivity index (χ3v) is 4.00. The molecule has 0 unspecified atom stereocenters. The second-order valence-corrected chi connectivity index (χ2v) is 5.83. The van der Waals surface area contributed by atoms with Crippen molar-refractivity contribution in [1.29, 1.82) is 0 Å². The molecule has 1 heterocycles. The first-order valence-corrected chi connectivity index (χ1v) is 8.01. The molecule has 0 fully saturated rings. The Morgan fingerprint density at radius 1 is 1.00 bits per heavy atom. The molecule has 2 aromatic carbocycles. The fraction of sp³-hybridized carbons (Fsp3) is 0.250. The van der Waals surface area contributed by atoms with Crippen LogP contribution in [0.3, 0.4) is 0 Å². The Hall–Kier alpha value is -2.75. The Labute approximate surface area is 140 Å². The van der Waals surface area contributed by atoms with Crippen LogP contribution in [0.4, 0.5) is 0 Å². The van der Waals surface area contributed by atoms with E-state index >= 15 is 0 Å². The molecule has 3 rings (SSSR count). The monoisotopic (exact) mass is 324 g/mol. The molecule has 4 nitrogen and oxygen atoms in total. The molecule has 24 heavy (non-hydrogen) atoms. The van der Waals surface area contributed by atoms with E-state index < -0.39 is 0 Å². The average molecular weight is 324 g/mol. The van der Waals surface area contributed by atoms with E-state index in [-0.39, 0.29) is 11.2 Å². The first-order chi connectivity index (χ1) is 11.5. The summed E-state index contributed by atoms with van der Waals surface area (Å²) in [5, 5.41) is 11.3. The highest BCUT2D eigenvalue weighted by atomic mass is 16.5. The van der Waals surface area contributed by atoms with Gasteiger partial charge in [0.1, 0.15) is 23.0 Å². The molecule has 1 N–H and O–H groups in total. The lowest BCUT2D eigenvalue weighted by Gasteiger charge is -2.05. The van der Waals surface area contributed by atoms with Gasteiger partial charge in [-0.25, -0.2) is 0 Å². The summed E-state index contributed by atoms with van der Waals surface area (Å²) >= 11 is 0. The van der Waals surface area contributed by atoms with Crippen LogP contribution in [0.2, 0.25) is 0 Å². The van der Waals surface area contributed by atoms with Crippen LogP contribution >= 0.6 is 0 Å². The first-order valence-electron chi connectivity index (χ1n) is 8.01. The molecular formula is C20H20O4. The third kappa shape index (κ3) is 2.87. The maximum atomic E-state index is 12.6. The molecule has 0 saturated heterocycles. The van der Waals surface area contributed by atoms with Crippen molar-refractivity contribution in [3.05, 3.63) is 58.1 Å². The van der Waals surface area contributed by atoms with Gasteiger partial charge in [-0.3, -0.25) is 4.79 Å². The first kappa shape index (κ1) is 16.1. The summed E-state index contributed by atoms with van der Waals surface area (Å²) < 4.78 is 11.1. The lowest BCUT2D eigenvalue weighted by atomic mass is 10.1. The van der Waals surface area contributed by atoms with Gasteiger partial charge in [0.15, 0.2) is 5.43 Å². The minimum absolute atomic E-state index is 0.0442. The zero-order valence-corrected chi connectivity index (χ0v) is 14.1. The molecule has 0 radical (unpaired) electrons. The van der Waals surface area contributed by atoms with Crippen LogP contribution in [0.25, 0.3) is 21.9 Å². The molecule has 0 aliphatic heterocycles. The molecule has 1 aromatic heterocycles. The van der Waals surface area contributed by atoms with Crippen LogP contribution in [-0.4, -0.2) is 11.7 Å². The number of rotatable bonds is 4. The van der Waals surface area contributed by atoms with Gasteiger partial charge in [0.25, 0.3) is 0 Å². The molecule has 3 aromatic rings. The van der Waals surface area contributed by atoms with Crippen molar-refractivity contribution in [3.8, 4) is 22.6 Å². The lowest BCUT2D eigenvalue weighted by molar-refractivity contribution is 0.317. The van der Waals surface area contributed by atoms with Gasteiger partial charge in [-0.15, -0.1) is 0 Å². The van der Waals surface area contributed by atoms with Crippen molar-refractivity contribution >= 4 is 10.8 Å². The molecule has 0 aliphatic rings. The van der Waals surface area contributed by atoms with Crippen LogP contribution in [0.1, 0.15) is 24.9 Å². The van der Waals surface area contributed by atoms with Crippen LogP contribution in [0, 0.1) is 13.8 Å². The average Bonchev–Trinajstić information content (AvgIpc) is 2.78. The smallest absolute Gasteiger partial charge is 0.190 e. The summed E-state index contributed by atoms with van der Waals surface area (Å²) in [4.78, 5) is 12.6. The Morgan fingerprint density at radius 3 is 2.33 bits per heavy atom. The quantitative estimate of drug-likeness (QED) is 0.763. The number of hydrogen-bond donors (Lipinski definition) is 1. The molecule has 0 atom stereocenters. The SMILES string of the molecule is CCCOc1ccc(-c2cc(O)c3c(C)oc(C)c3c(=O)c2)cc1. The number of aromatic hydroxyl groups is 1. The molecule has 0 bridgehead atoms. The van der Waals surface area contributed by atoms with Crippen molar-refractivity contribution < 1.29 is 14.3 Å². The number of aryl methyl sites for hydroxylation is 2. The molecular weight excluding hydrogens is 304 g/mol. The highest BCUT2D eigenvalue weighted by molar-refractivity contribution is 5.92. The van der Waals surface area contributed by atoms with Gasteiger partial charge in [-0.05, 0) is 55.7 Å². The van der Waals surface area contributed by atoms with Gasteiger partial charge in [0, 0.05) is 0 Å². The summed E-state index contributed by atoms with van der Waals surface area (Å²) in [6, 6.07) is 10.6. The van der Waals surface area contributed by atoms with Crippen LogP contribution in [0.15, 0.2) is 45.6 Å². The molecule has 124 valence electrons. The number of fused-ring (bicyclic) bond motifs is 1. The summed E-state index contributed by atoms with van der Waals surface area (Å²) in [5.41, 5.74) is 1.34. The summed E-state index contributed by atoms with van der Waals surface area (Å²) in [5.74, 6) is 1.90. The van der Waals surface area contributed by atoms with Crippen molar-refractivity contribution in [2.75, 3.05) is 6.61 Å². The molecule has 0 aliphatic carbocycles. The zero-order chi connectivity index (χ0) is 17.3. The Balaban J connectivity index is 2.12. The van der Waals surface area contributed by atoms with Crippen LogP contribution in [0.5, 0.6) is 11.5 Å². The van der Waals surface area contributed by atoms with Crippen LogP contribution in [-0.2, 0) is 0 Å². The van der Waals surface area contributed by atoms with Gasteiger partial charge in [0.2, 0.25) is 0 Å². The fourth-order valence-corrected chi connectivity index (χ4v) is 2.89. The van der Waals surface area contributed by atoms with E-state index in [4.69, 9.17) is 9.15 Å². The van der Waals surface area contributed by atoms with Gasteiger partial charge in [-0.1, -0.05) is 19.1 Å². The summed E-state index contributed by atoms with van der Waals surface area (Å²) in [6.45, 7) is 6.20. The second kappa shape index (κ2) is 6.40.